The molecule has 8 heteroatoms. The fourth-order valence-electron chi connectivity index (χ4n) is 3.04. The van der Waals surface area contributed by atoms with E-state index < -0.39 is 0 Å². The Balaban J connectivity index is 1.79. The van der Waals surface area contributed by atoms with Gasteiger partial charge >= 0.3 is 0 Å². The number of aryl methyl sites for hydroxylation is 2. The number of rotatable bonds is 3. The van der Waals surface area contributed by atoms with Crippen LogP contribution in [0.15, 0.2) is 42.0 Å². The Labute approximate surface area is 157 Å². The summed E-state index contributed by atoms with van der Waals surface area (Å²) in [4.78, 5) is 16.0. The highest BCUT2D eigenvalue weighted by atomic mass is 32.1. The van der Waals surface area contributed by atoms with Gasteiger partial charge in [-0.25, -0.2) is 15.0 Å². The third-order valence-corrected chi connectivity index (χ3v) is 6.23. The van der Waals surface area contributed by atoms with E-state index in [9.17, 15) is 0 Å². The lowest BCUT2D eigenvalue weighted by Crippen LogP contribution is -1.89. The Hall–Kier alpha value is -2.84. The topological polar surface area (TPSA) is 71.8 Å². The summed E-state index contributed by atoms with van der Waals surface area (Å²) < 4.78 is 2.18. The van der Waals surface area contributed by atoms with Crippen LogP contribution >= 0.6 is 22.7 Å². The van der Waals surface area contributed by atoms with Gasteiger partial charge < -0.3 is 0 Å². The van der Waals surface area contributed by atoms with Gasteiger partial charge in [-0.2, -0.15) is 5.10 Å². The van der Waals surface area contributed by atoms with Crippen LogP contribution in [0, 0.1) is 13.8 Å². The summed E-state index contributed by atoms with van der Waals surface area (Å²) >= 11 is 3.26. The van der Waals surface area contributed by atoms with E-state index in [0.717, 1.165) is 43.3 Å². The Morgan fingerprint density at radius 3 is 2.69 bits per heavy atom. The first-order valence-electron chi connectivity index (χ1n) is 8.08. The smallest absolute Gasteiger partial charge is 0.194 e. The van der Waals surface area contributed by atoms with Crippen LogP contribution in [0.2, 0.25) is 0 Å². The van der Waals surface area contributed by atoms with Gasteiger partial charge in [0.05, 0.1) is 16.3 Å². The summed E-state index contributed by atoms with van der Waals surface area (Å²) in [6.45, 7) is 4.13. The van der Waals surface area contributed by atoms with Gasteiger partial charge in [-0.15, -0.1) is 22.7 Å². The van der Waals surface area contributed by atoms with Crippen molar-refractivity contribution in [3.63, 3.8) is 0 Å². The lowest BCUT2D eigenvalue weighted by Gasteiger charge is -1.99. The zero-order valence-electron chi connectivity index (χ0n) is 14.1. The molecule has 0 radical (unpaired) electrons. The molecule has 0 aliphatic rings. The van der Waals surface area contributed by atoms with E-state index in [0.29, 0.717) is 0 Å². The highest BCUT2D eigenvalue weighted by Gasteiger charge is 2.22. The first-order valence-corrected chi connectivity index (χ1v) is 9.77. The van der Waals surface area contributed by atoms with Gasteiger partial charge in [0.15, 0.2) is 10.8 Å². The molecule has 0 unspecified atom stereocenters. The van der Waals surface area contributed by atoms with Crippen molar-refractivity contribution in [2.45, 2.75) is 13.8 Å². The van der Waals surface area contributed by atoms with Crippen LogP contribution in [-0.2, 0) is 0 Å². The predicted molar refractivity (Wildman–Crippen MR) is 104 cm³/mol. The summed E-state index contributed by atoms with van der Waals surface area (Å²) in [5, 5.41) is 10.0. The molecule has 0 bridgehead atoms. The van der Waals surface area contributed by atoms with Crippen LogP contribution in [-0.4, -0.2) is 29.5 Å². The van der Waals surface area contributed by atoms with Gasteiger partial charge in [0.25, 0.3) is 0 Å². The van der Waals surface area contributed by atoms with E-state index in [1.54, 1.807) is 22.7 Å². The minimum absolute atomic E-state index is 0.730. The second-order valence-corrected chi connectivity index (χ2v) is 7.77. The largest absolute Gasteiger partial charge is 0.285 e. The summed E-state index contributed by atoms with van der Waals surface area (Å²) in [5.41, 5.74) is 5.16. The first-order chi connectivity index (χ1) is 12.7. The molecule has 0 spiro atoms. The lowest BCUT2D eigenvalue weighted by atomic mass is 10.1. The Morgan fingerprint density at radius 1 is 1.08 bits per heavy atom. The van der Waals surface area contributed by atoms with E-state index in [1.807, 2.05) is 25.1 Å². The zero-order chi connectivity index (χ0) is 17.7. The first kappa shape index (κ1) is 15.4. The van der Waals surface area contributed by atoms with Crippen molar-refractivity contribution >= 4 is 27.6 Å². The van der Waals surface area contributed by atoms with Crippen LogP contribution in [0.3, 0.4) is 0 Å². The Morgan fingerprint density at radius 2 is 1.92 bits per heavy atom. The average molecular weight is 378 g/mol. The number of hydrogen-bond acceptors (Lipinski definition) is 6. The summed E-state index contributed by atoms with van der Waals surface area (Å²) in [7, 11) is 0. The Bertz CT molecular complexity index is 1200. The van der Waals surface area contributed by atoms with Crippen molar-refractivity contribution in [2.24, 2.45) is 0 Å². The normalized spacial score (nSPS) is 11.5. The predicted octanol–water partition coefficient (Wildman–Crippen LogP) is 4.59. The minimum atomic E-state index is 0.730. The minimum Gasteiger partial charge on any atom is -0.285 e. The number of fused-ring (bicyclic) bond motifs is 1. The molecule has 128 valence electrons. The van der Waals surface area contributed by atoms with Crippen molar-refractivity contribution in [3.8, 4) is 32.7 Å². The van der Waals surface area contributed by atoms with Gasteiger partial charge in [0.2, 0.25) is 0 Å². The van der Waals surface area contributed by atoms with Crippen molar-refractivity contribution in [2.75, 3.05) is 0 Å². The van der Waals surface area contributed by atoms with Crippen molar-refractivity contribution < 1.29 is 0 Å². The fourth-order valence-corrected chi connectivity index (χ4v) is 5.07. The molecule has 5 rings (SSSR count). The lowest BCUT2D eigenvalue weighted by molar-refractivity contribution is 1.10. The van der Waals surface area contributed by atoms with Gasteiger partial charge in [-0.3, -0.25) is 9.50 Å². The number of hydrogen-bond donors (Lipinski definition) is 1. The molecule has 1 aromatic carbocycles. The quantitative estimate of drug-likeness (QED) is 0.498. The Kier molecular flexibility index (Phi) is 3.47. The molecule has 0 amide bonds. The van der Waals surface area contributed by atoms with E-state index >= 15 is 0 Å². The molecule has 0 atom stereocenters. The van der Waals surface area contributed by atoms with Crippen LogP contribution in [0.1, 0.15) is 11.4 Å². The van der Waals surface area contributed by atoms with Crippen LogP contribution in [0.25, 0.3) is 37.6 Å². The second-order valence-electron chi connectivity index (χ2n) is 5.94. The fraction of sp³-hybridized carbons (Fsp3) is 0.111. The molecule has 1 N–H and O–H groups in total. The van der Waals surface area contributed by atoms with E-state index in [-0.39, 0.29) is 0 Å². The highest BCUT2D eigenvalue weighted by molar-refractivity contribution is 7.19. The maximum Gasteiger partial charge on any atom is 0.194 e. The number of H-pyrrole nitrogens is 1. The molecule has 0 saturated carbocycles. The molecule has 5 aromatic rings. The maximum absolute atomic E-state index is 4.99. The molecular formula is C18H14N6S2. The van der Waals surface area contributed by atoms with Gasteiger partial charge in [0, 0.05) is 16.6 Å². The highest BCUT2D eigenvalue weighted by Crippen LogP contribution is 2.40. The molecule has 4 heterocycles. The second kappa shape index (κ2) is 5.86. The number of benzene rings is 1. The molecule has 4 aromatic heterocycles. The average Bonchev–Trinajstić information content (AvgIpc) is 3.41. The van der Waals surface area contributed by atoms with Crippen LogP contribution < -0.4 is 0 Å². The number of thiazole rings is 2. The van der Waals surface area contributed by atoms with Crippen molar-refractivity contribution in [1.29, 1.82) is 0 Å². The standard InChI is InChI=1S/C18H14N6S2/c1-10-8-25-18-21-11(2)14(24(10)18)17-22-13(12-6-4-3-5-7-12)15(26-17)16-19-9-20-23-16/h3-9H,1-2H3,(H,19,20,23). The molecule has 0 fully saturated rings. The van der Waals surface area contributed by atoms with Gasteiger partial charge in [0.1, 0.15) is 17.0 Å². The summed E-state index contributed by atoms with van der Waals surface area (Å²) in [6.07, 6.45) is 1.52. The monoisotopic (exact) mass is 378 g/mol. The molecule has 0 aliphatic carbocycles. The number of aromatic nitrogens is 6. The van der Waals surface area contributed by atoms with Crippen LogP contribution in [0.5, 0.6) is 0 Å². The van der Waals surface area contributed by atoms with Gasteiger partial charge in [-0.1, -0.05) is 30.3 Å². The van der Waals surface area contributed by atoms with E-state index in [4.69, 9.17) is 9.97 Å². The third kappa shape index (κ3) is 2.30. The molecule has 6 nitrogen and oxygen atoms in total. The summed E-state index contributed by atoms with van der Waals surface area (Å²) in [6, 6.07) is 10.2. The maximum atomic E-state index is 4.99. The number of nitrogens with one attached hydrogen (secondary N) is 1. The van der Waals surface area contributed by atoms with Gasteiger partial charge in [-0.05, 0) is 13.8 Å². The van der Waals surface area contributed by atoms with Crippen molar-refractivity contribution in [1.82, 2.24) is 29.5 Å². The van der Waals surface area contributed by atoms with Crippen molar-refractivity contribution in [3.05, 3.63) is 53.4 Å². The molecular weight excluding hydrogens is 364 g/mol. The summed E-state index contributed by atoms with van der Waals surface area (Å²) in [5.74, 6) is 0.730. The molecule has 0 saturated heterocycles. The van der Waals surface area contributed by atoms with Crippen LogP contribution in [0.4, 0.5) is 0 Å². The molecule has 0 aliphatic heterocycles. The zero-order valence-corrected chi connectivity index (χ0v) is 15.7. The van der Waals surface area contributed by atoms with E-state index in [2.05, 4.69) is 44.0 Å². The number of nitrogens with zero attached hydrogens (tertiary/aromatic N) is 5. The number of aromatic amines is 1. The third-order valence-electron chi connectivity index (χ3n) is 4.22. The number of imidazole rings is 1. The van der Waals surface area contributed by atoms with E-state index in [1.165, 1.54) is 12.0 Å². The SMILES string of the molecule is Cc1nc2scc(C)n2c1-c1nc(-c2ccccc2)c(-c2ncn[nH]2)s1. The molecule has 26 heavy (non-hydrogen) atoms.